The van der Waals surface area contributed by atoms with Gasteiger partial charge in [-0.2, -0.15) is 0 Å². The van der Waals surface area contributed by atoms with Crippen molar-refractivity contribution in [3.8, 4) is 23.0 Å². The average molecular weight is 399 g/mol. The van der Waals surface area contributed by atoms with Gasteiger partial charge in [0.25, 0.3) is 0 Å². The maximum absolute atomic E-state index is 12.4. The molecule has 0 N–H and O–H groups in total. The second-order valence-electron chi connectivity index (χ2n) is 6.62. The van der Waals surface area contributed by atoms with Gasteiger partial charge in [-0.1, -0.05) is 23.4 Å². The fourth-order valence-electron chi connectivity index (χ4n) is 3.43. The van der Waals surface area contributed by atoms with Gasteiger partial charge in [0.1, 0.15) is 17.3 Å². The highest BCUT2D eigenvalue weighted by atomic mass is 16.5. The molecule has 8 heteroatoms. The molecule has 0 aliphatic carbocycles. The summed E-state index contributed by atoms with van der Waals surface area (Å²) < 4.78 is 13.7. The van der Waals surface area contributed by atoms with E-state index in [0.717, 1.165) is 22.5 Å². The molecule has 30 heavy (non-hydrogen) atoms. The van der Waals surface area contributed by atoms with Crippen LogP contribution in [0.2, 0.25) is 0 Å². The Kier molecular flexibility index (Phi) is 4.36. The summed E-state index contributed by atoms with van der Waals surface area (Å²) >= 11 is 0. The monoisotopic (exact) mass is 399 g/mol. The molecule has 0 saturated heterocycles. The number of pyridine rings is 1. The molecule has 0 atom stereocenters. The first-order valence-electron chi connectivity index (χ1n) is 9.33. The Morgan fingerprint density at radius 2 is 1.80 bits per heavy atom. The van der Waals surface area contributed by atoms with Crippen molar-refractivity contribution in [2.75, 3.05) is 7.11 Å². The molecule has 3 aromatic heterocycles. The number of methoxy groups -OCH3 is 1. The van der Waals surface area contributed by atoms with Gasteiger partial charge < -0.3 is 4.74 Å². The molecule has 3 heterocycles. The standard InChI is InChI=1S/C22H17N5O3/c1-29-16-11-9-15(10-12-16)27-19-8-3-2-6-17(19)24-20(27)14-26-21(25-30-22(26)28)18-7-4-5-13-23-18/h2-13H,14H2,1H3. The lowest BCUT2D eigenvalue weighted by atomic mass is 10.2. The van der Waals surface area contributed by atoms with Crippen LogP contribution in [-0.2, 0) is 6.54 Å². The van der Waals surface area contributed by atoms with E-state index in [2.05, 4.69) is 10.1 Å². The molecule has 5 rings (SSSR count). The highest BCUT2D eigenvalue weighted by molar-refractivity contribution is 5.78. The van der Waals surface area contributed by atoms with Crippen LogP contribution in [0.4, 0.5) is 0 Å². The number of aromatic nitrogens is 5. The van der Waals surface area contributed by atoms with Crippen LogP contribution in [0.15, 0.2) is 82.2 Å². The van der Waals surface area contributed by atoms with Crippen LogP contribution in [0.3, 0.4) is 0 Å². The molecule has 2 aromatic carbocycles. The van der Waals surface area contributed by atoms with Gasteiger partial charge >= 0.3 is 5.76 Å². The van der Waals surface area contributed by atoms with Gasteiger partial charge in [0.2, 0.25) is 5.82 Å². The van der Waals surface area contributed by atoms with Crippen LogP contribution in [0.5, 0.6) is 5.75 Å². The van der Waals surface area contributed by atoms with Gasteiger partial charge in [0.05, 0.1) is 24.7 Å². The van der Waals surface area contributed by atoms with Gasteiger partial charge in [0, 0.05) is 11.9 Å². The van der Waals surface area contributed by atoms with E-state index in [1.54, 1.807) is 25.4 Å². The van der Waals surface area contributed by atoms with E-state index < -0.39 is 5.76 Å². The minimum absolute atomic E-state index is 0.176. The molecule has 0 saturated carbocycles. The Hall–Kier alpha value is -4.20. The highest BCUT2D eigenvalue weighted by Crippen LogP contribution is 2.24. The Morgan fingerprint density at radius 3 is 2.57 bits per heavy atom. The highest BCUT2D eigenvalue weighted by Gasteiger charge is 2.19. The van der Waals surface area contributed by atoms with E-state index in [4.69, 9.17) is 14.2 Å². The van der Waals surface area contributed by atoms with Crippen molar-refractivity contribution < 1.29 is 9.26 Å². The summed E-state index contributed by atoms with van der Waals surface area (Å²) in [5.74, 6) is 1.22. The SMILES string of the molecule is COc1ccc(-n2c(Cn3c(-c4ccccn4)noc3=O)nc3ccccc32)cc1. The summed E-state index contributed by atoms with van der Waals surface area (Å²) in [4.78, 5) is 21.5. The maximum Gasteiger partial charge on any atom is 0.442 e. The third kappa shape index (κ3) is 3.04. The first kappa shape index (κ1) is 17.9. The van der Waals surface area contributed by atoms with E-state index in [1.165, 1.54) is 4.57 Å². The largest absolute Gasteiger partial charge is 0.497 e. The van der Waals surface area contributed by atoms with Crippen molar-refractivity contribution in [2.24, 2.45) is 0 Å². The molecular formula is C22H17N5O3. The number of para-hydroxylation sites is 2. The molecule has 0 radical (unpaired) electrons. The number of benzene rings is 2. The summed E-state index contributed by atoms with van der Waals surface area (Å²) in [7, 11) is 1.63. The molecule has 0 aliphatic rings. The Bertz CT molecular complexity index is 1370. The van der Waals surface area contributed by atoms with E-state index in [9.17, 15) is 4.79 Å². The Morgan fingerprint density at radius 1 is 1.00 bits per heavy atom. The number of nitrogens with zero attached hydrogens (tertiary/aromatic N) is 5. The zero-order chi connectivity index (χ0) is 20.5. The summed E-state index contributed by atoms with van der Waals surface area (Å²) in [5, 5.41) is 3.92. The van der Waals surface area contributed by atoms with Gasteiger partial charge in [-0.3, -0.25) is 14.1 Å². The number of fused-ring (bicyclic) bond motifs is 1. The van der Waals surface area contributed by atoms with Crippen molar-refractivity contribution in [3.63, 3.8) is 0 Å². The van der Waals surface area contributed by atoms with Crippen LogP contribution < -0.4 is 10.5 Å². The van der Waals surface area contributed by atoms with Gasteiger partial charge in [-0.25, -0.2) is 14.3 Å². The van der Waals surface area contributed by atoms with Crippen molar-refractivity contribution in [1.82, 2.24) is 24.3 Å². The molecule has 0 bridgehead atoms. The normalized spacial score (nSPS) is 11.1. The lowest BCUT2D eigenvalue weighted by Gasteiger charge is -2.11. The molecule has 0 spiro atoms. The van der Waals surface area contributed by atoms with Gasteiger partial charge in [-0.15, -0.1) is 0 Å². The van der Waals surface area contributed by atoms with Gasteiger partial charge in [0.15, 0.2) is 0 Å². The maximum atomic E-state index is 12.4. The van der Waals surface area contributed by atoms with E-state index in [1.807, 2.05) is 59.2 Å². The lowest BCUT2D eigenvalue weighted by molar-refractivity contribution is 0.377. The summed E-state index contributed by atoms with van der Waals surface area (Å²) in [6, 6.07) is 20.9. The minimum Gasteiger partial charge on any atom is -0.497 e. The van der Waals surface area contributed by atoms with E-state index >= 15 is 0 Å². The van der Waals surface area contributed by atoms with Crippen LogP contribution in [-0.4, -0.2) is 31.4 Å². The summed E-state index contributed by atoms with van der Waals surface area (Å²) in [6.07, 6.45) is 1.64. The smallest absolute Gasteiger partial charge is 0.442 e. The lowest BCUT2D eigenvalue weighted by Crippen LogP contribution is -2.19. The zero-order valence-corrected chi connectivity index (χ0v) is 16.1. The van der Waals surface area contributed by atoms with E-state index in [-0.39, 0.29) is 6.54 Å². The van der Waals surface area contributed by atoms with Crippen molar-refractivity contribution in [2.45, 2.75) is 6.54 Å². The zero-order valence-electron chi connectivity index (χ0n) is 16.1. The molecule has 8 nitrogen and oxygen atoms in total. The van der Waals surface area contributed by atoms with Crippen molar-refractivity contribution >= 4 is 11.0 Å². The Balaban J connectivity index is 1.66. The molecule has 5 aromatic rings. The van der Waals surface area contributed by atoms with Gasteiger partial charge in [-0.05, 0) is 48.5 Å². The molecule has 0 amide bonds. The van der Waals surface area contributed by atoms with Crippen molar-refractivity contribution in [1.29, 1.82) is 0 Å². The Labute approximate surface area is 171 Å². The van der Waals surface area contributed by atoms with Crippen LogP contribution in [0.25, 0.3) is 28.2 Å². The van der Waals surface area contributed by atoms with Crippen LogP contribution >= 0.6 is 0 Å². The van der Waals surface area contributed by atoms with Crippen LogP contribution in [0, 0.1) is 0 Å². The topological polar surface area (TPSA) is 88.0 Å². The molecule has 0 unspecified atom stereocenters. The quantitative estimate of drug-likeness (QED) is 0.451. The second kappa shape index (κ2) is 7.32. The third-order valence-electron chi connectivity index (χ3n) is 4.84. The predicted octanol–water partition coefficient (Wildman–Crippen LogP) is 3.29. The number of ether oxygens (including phenoxy) is 1. The first-order valence-corrected chi connectivity index (χ1v) is 9.33. The number of imidazole rings is 1. The fourth-order valence-corrected chi connectivity index (χ4v) is 3.43. The molecular weight excluding hydrogens is 382 g/mol. The minimum atomic E-state index is -0.566. The molecule has 148 valence electrons. The second-order valence-corrected chi connectivity index (χ2v) is 6.62. The van der Waals surface area contributed by atoms with Crippen LogP contribution in [0.1, 0.15) is 5.82 Å². The number of hydrogen-bond acceptors (Lipinski definition) is 6. The summed E-state index contributed by atoms with van der Waals surface area (Å²) in [5.41, 5.74) is 3.22. The predicted molar refractivity (Wildman–Crippen MR) is 111 cm³/mol. The third-order valence-corrected chi connectivity index (χ3v) is 4.84. The molecule has 0 fully saturated rings. The summed E-state index contributed by atoms with van der Waals surface area (Å²) in [6.45, 7) is 0.176. The average Bonchev–Trinajstić information content (AvgIpc) is 3.35. The van der Waals surface area contributed by atoms with E-state index in [0.29, 0.717) is 17.3 Å². The van der Waals surface area contributed by atoms with Crippen molar-refractivity contribution in [3.05, 3.63) is 89.3 Å². The molecule has 0 aliphatic heterocycles. The number of rotatable bonds is 5. The number of hydrogen-bond donors (Lipinski definition) is 0. The first-order chi connectivity index (χ1) is 14.7. The fraction of sp³-hybridized carbons (Fsp3) is 0.0909.